The predicted octanol–water partition coefficient (Wildman–Crippen LogP) is 3.75. The van der Waals surface area contributed by atoms with Crippen LogP contribution in [-0.4, -0.2) is 50.1 Å². The number of carbonyl (C=O) groups is 1. The molecule has 1 heterocycles. The van der Waals surface area contributed by atoms with Crippen LogP contribution in [0, 0.1) is 0 Å². The summed E-state index contributed by atoms with van der Waals surface area (Å²) < 4.78 is 76.2. The van der Waals surface area contributed by atoms with Gasteiger partial charge in [0.1, 0.15) is 0 Å². The predicted molar refractivity (Wildman–Crippen MR) is 135 cm³/mol. The number of fused-ring (bicyclic) bond motifs is 2. The van der Waals surface area contributed by atoms with Crippen LogP contribution in [0.4, 0.5) is 5.69 Å². The molecule has 0 saturated heterocycles. The van der Waals surface area contributed by atoms with Gasteiger partial charge in [-0.15, -0.1) is 0 Å². The summed E-state index contributed by atoms with van der Waals surface area (Å²) >= 11 is 0. The highest BCUT2D eigenvalue weighted by molar-refractivity contribution is 7.86. The molecule has 13 heteroatoms. The SMILES string of the molecule is CCN=c1ccc2c(-c3ccccc3C(=O)O)c3ccc(NCC)c(S(=O)(=O)O)c3oc-2c1S(=O)(=O)O. The van der Waals surface area contributed by atoms with Crippen molar-refractivity contribution >= 4 is 42.9 Å². The zero-order chi connectivity index (χ0) is 27.1. The molecule has 2 aromatic carbocycles. The number of rotatable bonds is 7. The molecule has 2 aliphatic rings. The van der Waals surface area contributed by atoms with Crippen LogP contribution in [0.2, 0.25) is 0 Å². The first kappa shape index (κ1) is 26.3. The van der Waals surface area contributed by atoms with Gasteiger partial charge in [-0.05, 0) is 49.7 Å². The number of hydrogen-bond acceptors (Lipinski definition) is 8. The Morgan fingerprint density at radius 1 is 0.919 bits per heavy atom. The zero-order valence-electron chi connectivity index (χ0n) is 19.6. The maximum absolute atomic E-state index is 12.5. The molecule has 1 aliphatic carbocycles. The van der Waals surface area contributed by atoms with Crippen molar-refractivity contribution in [2.45, 2.75) is 23.6 Å². The van der Waals surface area contributed by atoms with Gasteiger partial charge in [0, 0.05) is 29.6 Å². The maximum Gasteiger partial charge on any atom is 0.336 e. The van der Waals surface area contributed by atoms with Gasteiger partial charge in [-0.25, -0.2) is 4.79 Å². The first-order valence-corrected chi connectivity index (χ1v) is 13.9. The van der Waals surface area contributed by atoms with Crippen molar-refractivity contribution in [3.8, 4) is 22.5 Å². The lowest BCUT2D eigenvalue weighted by Crippen LogP contribution is -2.18. The zero-order valence-corrected chi connectivity index (χ0v) is 21.2. The van der Waals surface area contributed by atoms with Crippen LogP contribution in [0.3, 0.4) is 0 Å². The average molecular weight is 547 g/mol. The Bertz CT molecular complexity index is 1810. The van der Waals surface area contributed by atoms with E-state index in [0.717, 1.165) is 0 Å². The number of nitrogens with zero attached hydrogens (tertiary/aromatic N) is 1. The molecule has 0 spiro atoms. The number of carboxylic acid groups (broad SMARTS) is 1. The number of nitrogens with one attached hydrogen (secondary N) is 1. The van der Waals surface area contributed by atoms with Gasteiger partial charge in [0.15, 0.2) is 21.1 Å². The van der Waals surface area contributed by atoms with E-state index in [2.05, 4.69) is 10.3 Å². The summed E-state index contributed by atoms with van der Waals surface area (Å²) in [5.41, 5.74) is -0.310. The summed E-state index contributed by atoms with van der Waals surface area (Å²) in [6.07, 6.45) is 0. The summed E-state index contributed by atoms with van der Waals surface area (Å²) in [4.78, 5) is 14.8. The maximum atomic E-state index is 12.5. The lowest BCUT2D eigenvalue weighted by molar-refractivity contribution is 0.0697. The van der Waals surface area contributed by atoms with E-state index >= 15 is 0 Å². The fourth-order valence-corrected chi connectivity index (χ4v) is 5.85. The van der Waals surface area contributed by atoms with E-state index in [1.807, 2.05) is 0 Å². The molecule has 0 amide bonds. The fraction of sp³-hybridized carbons (Fsp3) is 0.167. The minimum atomic E-state index is -4.98. The third kappa shape index (κ3) is 4.69. The minimum absolute atomic E-state index is 0.0270. The Labute approximate surface area is 211 Å². The second-order valence-electron chi connectivity index (χ2n) is 7.89. The number of aromatic carboxylic acids is 1. The molecule has 194 valence electrons. The van der Waals surface area contributed by atoms with Gasteiger partial charge in [-0.2, -0.15) is 16.8 Å². The molecular weight excluding hydrogens is 524 g/mol. The van der Waals surface area contributed by atoms with Gasteiger partial charge in [-0.1, -0.05) is 18.2 Å². The molecule has 0 aromatic heterocycles. The summed E-state index contributed by atoms with van der Waals surface area (Å²) in [6.45, 7) is 3.76. The first-order valence-electron chi connectivity index (χ1n) is 11.0. The second-order valence-corrected chi connectivity index (χ2v) is 10.6. The highest BCUT2D eigenvalue weighted by atomic mass is 32.2. The van der Waals surface area contributed by atoms with Crippen molar-refractivity contribution < 1.29 is 40.3 Å². The van der Waals surface area contributed by atoms with E-state index < -0.39 is 47.3 Å². The Morgan fingerprint density at radius 2 is 1.59 bits per heavy atom. The van der Waals surface area contributed by atoms with E-state index in [-0.39, 0.29) is 51.8 Å². The Hall–Kier alpha value is -3.78. The molecule has 0 saturated carbocycles. The smallest absolute Gasteiger partial charge is 0.336 e. The van der Waals surface area contributed by atoms with Crippen LogP contribution in [-0.2, 0) is 20.2 Å². The first-order chi connectivity index (χ1) is 17.4. The molecule has 37 heavy (non-hydrogen) atoms. The van der Waals surface area contributed by atoms with Crippen molar-refractivity contribution in [1.29, 1.82) is 0 Å². The van der Waals surface area contributed by atoms with Crippen molar-refractivity contribution in [2.24, 2.45) is 4.99 Å². The minimum Gasteiger partial charge on any atom is -0.478 e. The van der Waals surface area contributed by atoms with Crippen molar-refractivity contribution in [3.05, 3.63) is 59.5 Å². The standard InChI is InChI=1S/C24H22N2O9S2/c1-3-25-17-11-9-15-19(13-7-5-6-8-14(13)24(27)28)16-10-12-18(26-4-2)23(37(32,33)34)21(16)35-20(15)22(17)36(29,30)31/h5-12,25H,3-4H2,1-2H3,(H,27,28)(H,29,30,31)(H,32,33,34). The van der Waals surface area contributed by atoms with Crippen molar-refractivity contribution in [1.82, 2.24) is 0 Å². The van der Waals surface area contributed by atoms with Gasteiger partial charge in [0.25, 0.3) is 20.2 Å². The van der Waals surface area contributed by atoms with Gasteiger partial charge in [0.05, 0.1) is 16.6 Å². The van der Waals surface area contributed by atoms with Crippen molar-refractivity contribution in [3.63, 3.8) is 0 Å². The monoisotopic (exact) mass is 546 g/mol. The normalized spacial score (nSPS) is 12.8. The summed E-state index contributed by atoms with van der Waals surface area (Å²) in [5.74, 6) is -1.75. The molecule has 1 aliphatic heterocycles. The van der Waals surface area contributed by atoms with E-state index in [0.29, 0.717) is 0 Å². The third-order valence-corrected chi connectivity index (χ3v) is 7.42. The number of benzene rings is 3. The van der Waals surface area contributed by atoms with Gasteiger partial charge in [-0.3, -0.25) is 14.1 Å². The molecule has 4 rings (SSSR count). The molecule has 2 aromatic rings. The molecular formula is C24H22N2O9S2. The largest absolute Gasteiger partial charge is 0.478 e. The summed E-state index contributed by atoms with van der Waals surface area (Å²) in [7, 11) is -9.93. The van der Waals surface area contributed by atoms with Crippen LogP contribution < -0.4 is 10.7 Å². The van der Waals surface area contributed by atoms with Gasteiger partial charge >= 0.3 is 5.97 Å². The Morgan fingerprint density at radius 3 is 2.19 bits per heavy atom. The molecule has 11 nitrogen and oxygen atoms in total. The lowest BCUT2D eigenvalue weighted by Gasteiger charge is -2.20. The summed E-state index contributed by atoms with van der Waals surface area (Å²) in [5, 5.41) is 12.6. The van der Waals surface area contributed by atoms with E-state index in [9.17, 15) is 35.8 Å². The molecule has 4 N–H and O–H groups in total. The van der Waals surface area contributed by atoms with E-state index in [1.54, 1.807) is 19.9 Å². The van der Waals surface area contributed by atoms with Gasteiger partial charge < -0.3 is 14.8 Å². The van der Waals surface area contributed by atoms with Crippen LogP contribution in [0.15, 0.2) is 67.7 Å². The number of carboxylic acids is 1. The third-order valence-electron chi connectivity index (χ3n) is 5.58. The van der Waals surface area contributed by atoms with E-state index in [4.69, 9.17) is 4.42 Å². The van der Waals surface area contributed by atoms with Crippen LogP contribution in [0.5, 0.6) is 0 Å². The highest BCUT2D eigenvalue weighted by Gasteiger charge is 2.32. The van der Waals surface area contributed by atoms with Crippen LogP contribution in [0.25, 0.3) is 33.4 Å². The van der Waals surface area contributed by atoms with Gasteiger partial charge in [0.2, 0.25) is 0 Å². The quantitative estimate of drug-likeness (QED) is 0.197. The van der Waals surface area contributed by atoms with E-state index in [1.165, 1.54) is 42.5 Å². The molecule has 0 fully saturated rings. The number of anilines is 1. The molecule has 0 atom stereocenters. The molecule has 0 unspecified atom stereocenters. The van der Waals surface area contributed by atoms with Crippen LogP contribution in [0.1, 0.15) is 24.2 Å². The number of hydrogen-bond donors (Lipinski definition) is 4. The molecule has 0 bridgehead atoms. The van der Waals surface area contributed by atoms with Crippen molar-refractivity contribution in [2.75, 3.05) is 18.4 Å². The second kappa shape index (κ2) is 9.59. The fourth-order valence-electron chi connectivity index (χ4n) is 4.27. The summed E-state index contributed by atoms with van der Waals surface area (Å²) in [6, 6.07) is 11.5. The average Bonchev–Trinajstić information content (AvgIpc) is 2.81. The van der Waals surface area contributed by atoms with Crippen LogP contribution >= 0.6 is 0 Å². The topological polar surface area (TPSA) is 184 Å². The Balaban J connectivity index is 2.41. The lowest BCUT2D eigenvalue weighted by atomic mass is 9.90. The molecule has 0 radical (unpaired) electrons. The Kier molecular flexibility index (Phi) is 6.81. The highest BCUT2D eigenvalue weighted by Crippen LogP contribution is 2.45.